The minimum Gasteiger partial charge on any atom is -0.316 e. The molecule has 0 spiro atoms. The number of halogens is 2. The maximum atomic E-state index is 12.2. The molecule has 1 saturated heterocycles. The van der Waals surface area contributed by atoms with Crippen LogP contribution in [0.1, 0.15) is 25.3 Å². The molecule has 19 heavy (non-hydrogen) atoms. The summed E-state index contributed by atoms with van der Waals surface area (Å²) in [5.41, 5.74) is 0.783. The predicted molar refractivity (Wildman–Crippen MR) is 82.3 cm³/mol. The van der Waals surface area contributed by atoms with Gasteiger partial charge in [0.25, 0.3) is 0 Å². The van der Waals surface area contributed by atoms with Gasteiger partial charge in [-0.3, -0.25) is 4.79 Å². The van der Waals surface area contributed by atoms with E-state index in [2.05, 4.69) is 15.6 Å². The van der Waals surface area contributed by atoms with Crippen LogP contribution in [0, 0.1) is 12.3 Å². The summed E-state index contributed by atoms with van der Waals surface area (Å²) in [6.45, 7) is 5.74. The average molecular weight is 306 g/mol. The molecule has 4 nitrogen and oxygen atoms in total. The predicted octanol–water partition coefficient (Wildman–Crippen LogP) is 2.56. The number of rotatable bonds is 2. The number of pyridine rings is 1. The third-order valence-electron chi connectivity index (χ3n) is 3.30. The van der Waals surface area contributed by atoms with Crippen molar-refractivity contribution in [3.8, 4) is 0 Å². The van der Waals surface area contributed by atoms with Gasteiger partial charge in [-0.2, -0.15) is 0 Å². The molecule has 0 aromatic carbocycles. The van der Waals surface area contributed by atoms with Gasteiger partial charge in [0.2, 0.25) is 5.91 Å². The quantitative estimate of drug-likeness (QED) is 0.883. The Labute approximate surface area is 126 Å². The minimum atomic E-state index is -0.316. The molecule has 108 valence electrons. The van der Waals surface area contributed by atoms with Crippen LogP contribution in [0.2, 0.25) is 0 Å². The number of aryl methyl sites for hydroxylation is 1. The molecule has 0 bridgehead atoms. The van der Waals surface area contributed by atoms with E-state index in [1.165, 1.54) is 0 Å². The Bertz CT molecular complexity index is 420. The molecule has 2 N–H and O–H groups in total. The molecule has 1 aliphatic rings. The Morgan fingerprint density at radius 3 is 2.79 bits per heavy atom. The van der Waals surface area contributed by atoms with Crippen molar-refractivity contribution in [1.82, 2.24) is 10.3 Å². The zero-order valence-electron chi connectivity index (χ0n) is 11.2. The first-order valence-corrected chi connectivity index (χ1v) is 6.05. The number of carbonyl (C=O) groups is 1. The maximum Gasteiger partial charge on any atom is 0.232 e. The van der Waals surface area contributed by atoms with Gasteiger partial charge in [0.05, 0.1) is 5.41 Å². The number of carbonyl (C=O) groups excluding carboxylic acids is 1. The summed E-state index contributed by atoms with van der Waals surface area (Å²) >= 11 is 0. The van der Waals surface area contributed by atoms with Crippen LogP contribution in [-0.4, -0.2) is 24.0 Å². The van der Waals surface area contributed by atoms with E-state index in [9.17, 15) is 4.79 Å². The van der Waals surface area contributed by atoms with Crippen LogP contribution in [0.15, 0.2) is 18.3 Å². The number of aromatic nitrogens is 1. The van der Waals surface area contributed by atoms with Crippen molar-refractivity contribution in [2.45, 2.75) is 26.7 Å². The van der Waals surface area contributed by atoms with Crippen molar-refractivity contribution in [2.24, 2.45) is 5.41 Å². The van der Waals surface area contributed by atoms with Gasteiger partial charge in [-0.05, 0) is 50.9 Å². The molecule has 0 aliphatic carbocycles. The first kappa shape index (κ1) is 18.2. The molecule has 6 heteroatoms. The molecule has 1 unspecified atom stereocenters. The molecule has 1 aromatic rings. The number of nitrogens with zero attached hydrogens (tertiary/aromatic N) is 1. The Balaban J connectivity index is 0.00000162. The summed E-state index contributed by atoms with van der Waals surface area (Å²) in [4.78, 5) is 16.4. The average Bonchev–Trinajstić information content (AvgIpc) is 2.30. The summed E-state index contributed by atoms with van der Waals surface area (Å²) in [5, 5.41) is 6.18. The van der Waals surface area contributed by atoms with Crippen LogP contribution in [-0.2, 0) is 4.79 Å². The molecule has 2 rings (SSSR count). The first-order valence-electron chi connectivity index (χ1n) is 6.05. The molecule has 1 aliphatic heterocycles. The SMILES string of the molecule is Cc1ccnc(NC(=O)C2(C)CCCNC2)c1.Cl.Cl. The second-order valence-corrected chi connectivity index (χ2v) is 5.01. The van der Waals surface area contributed by atoms with Crippen LogP contribution in [0.25, 0.3) is 0 Å². The van der Waals surface area contributed by atoms with E-state index in [1.54, 1.807) is 6.20 Å². The van der Waals surface area contributed by atoms with E-state index in [-0.39, 0.29) is 36.1 Å². The smallest absolute Gasteiger partial charge is 0.232 e. The van der Waals surface area contributed by atoms with Gasteiger partial charge >= 0.3 is 0 Å². The first-order chi connectivity index (χ1) is 8.10. The van der Waals surface area contributed by atoms with Crippen molar-refractivity contribution < 1.29 is 4.79 Å². The fourth-order valence-electron chi connectivity index (χ4n) is 2.12. The second-order valence-electron chi connectivity index (χ2n) is 5.01. The molecular weight excluding hydrogens is 285 g/mol. The number of amides is 1. The van der Waals surface area contributed by atoms with Crippen LogP contribution >= 0.6 is 24.8 Å². The zero-order chi connectivity index (χ0) is 12.3. The van der Waals surface area contributed by atoms with Crippen molar-refractivity contribution >= 4 is 36.5 Å². The normalized spacial score (nSPS) is 21.8. The van der Waals surface area contributed by atoms with E-state index in [1.807, 2.05) is 26.0 Å². The Kier molecular flexibility index (Phi) is 7.34. The summed E-state index contributed by atoms with van der Waals surface area (Å²) in [6.07, 6.45) is 3.69. The van der Waals surface area contributed by atoms with E-state index in [4.69, 9.17) is 0 Å². The molecule has 1 amide bonds. The summed E-state index contributed by atoms with van der Waals surface area (Å²) in [6, 6.07) is 3.80. The van der Waals surface area contributed by atoms with Gasteiger partial charge in [0.1, 0.15) is 5.82 Å². The van der Waals surface area contributed by atoms with Gasteiger partial charge in [-0.1, -0.05) is 0 Å². The third-order valence-corrected chi connectivity index (χ3v) is 3.30. The van der Waals surface area contributed by atoms with Crippen molar-refractivity contribution in [3.63, 3.8) is 0 Å². The van der Waals surface area contributed by atoms with Gasteiger partial charge < -0.3 is 10.6 Å². The molecule has 1 aromatic heterocycles. The monoisotopic (exact) mass is 305 g/mol. The highest BCUT2D eigenvalue weighted by Crippen LogP contribution is 2.26. The van der Waals surface area contributed by atoms with E-state index < -0.39 is 0 Å². The molecule has 2 heterocycles. The fourth-order valence-corrected chi connectivity index (χ4v) is 2.12. The van der Waals surface area contributed by atoms with Crippen LogP contribution in [0.3, 0.4) is 0 Å². The van der Waals surface area contributed by atoms with Crippen LogP contribution in [0.4, 0.5) is 5.82 Å². The second kappa shape index (κ2) is 7.68. The maximum absolute atomic E-state index is 12.2. The lowest BCUT2D eigenvalue weighted by Gasteiger charge is -2.32. The van der Waals surface area contributed by atoms with Crippen LogP contribution in [0.5, 0.6) is 0 Å². The lowest BCUT2D eigenvalue weighted by atomic mass is 9.82. The largest absolute Gasteiger partial charge is 0.316 e. The molecular formula is C13H21Cl2N3O. The van der Waals surface area contributed by atoms with E-state index in [0.29, 0.717) is 5.82 Å². The van der Waals surface area contributed by atoms with E-state index >= 15 is 0 Å². The number of anilines is 1. The lowest BCUT2D eigenvalue weighted by molar-refractivity contribution is -0.125. The van der Waals surface area contributed by atoms with Gasteiger partial charge in [0.15, 0.2) is 0 Å². The number of hydrogen-bond donors (Lipinski definition) is 2. The highest BCUT2D eigenvalue weighted by atomic mass is 35.5. The van der Waals surface area contributed by atoms with Gasteiger partial charge in [-0.25, -0.2) is 4.98 Å². The number of piperidine rings is 1. The minimum absolute atomic E-state index is 0. The summed E-state index contributed by atoms with van der Waals surface area (Å²) in [7, 11) is 0. The third kappa shape index (κ3) is 4.64. The van der Waals surface area contributed by atoms with Crippen LogP contribution < -0.4 is 10.6 Å². The molecule has 1 fully saturated rings. The summed E-state index contributed by atoms with van der Waals surface area (Å²) < 4.78 is 0. The highest BCUT2D eigenvalue weighted by molar-refractivity contribution is 5.94. The molecule has 0 radical (unpaired) electrons. The van der Waals surface area contributed by atoms with Crippen molar-refractivity contribution in [2.75, 3.05) is 18.4 Å². The Morgan fingerprint density at radius 1 is 1.47 bits per heavy atom. The Morgan fingerprint density at radius 2 is 2.21 bits per heavy atom. The Hall–Kier alpha value is -0.840. The number of hydrogen-bond acceptors (Lipinski definition) is 3. The van der Waals surface area contributed by atoms with Crippen molar-refractivity contribution in [3.05, 3.63) is 23.9 Å². The fraction of sp³-hybridized carbons (Fsp3) is 0.538. The van der Waals surface area contributed by atoms with Gasteiger partial charge in [-0.15, -0.1) is 24.8 Å². The van der Waals surface area contributed by atoms with E-state index in [0.717, 1.165) is 31.5 Å². The standard InChI is InChI=1S/C13H19N3O.2ClH/c1-10-4-7-15-11(8-10)16-12(17)13(2)5-3-6-14-9-13;;/h4,7-8,14H,3,5-6,9H2,1-2H3,(H,15,16,17);2*1H. The lowest BCUT2D eigenvalue weighted by Crippen LogP contribution is -2.46. The van der Waals surface area contributed by atoms with Crippen molar-refractivity contribution in [1.29, 1.82) is 0 Å². The topological polar surface area (TPSA) is 54.0 Å². The zero-order valence-corrected chi connectivity index (χ0v) is 12.9. The van der Waals surface area contributed by atoms with Gasteiger partial charge in [0, 0.05) is 12.7 Å². The highest BCUT2D eigenvalue weighted by Gasteiger charge is 2.34. The molecule has 1 atom stereocenters. The number of nitrogens with one attached hydrogen (secondary N) is 2. The summed E-state index contributed by atoms with van der Waals surface area (Å²) in [5.74, 6) is 0.699. The molecule has 0 saturated carbocycles.